The van der Waals surface area contributed by atoms with Gasteiger partial charge in [0, 0.05) is 25.0 Å². The highest BCUT2D eigenvalue weighted by molar-refractivity contribution is 5.89. The average molecular weight is 530 g/mol. The van der Waals surface area contributed by atoms with E-state index in [0.29, 0.717) is 11.3 Å². The van der Waals surface area contributed by atoms with E-state index in [1.54, 1.807) is 6.92 Å². The van der Waals surface area contributed by atoms with Crippen LogP contribution in [0.1, 0.15) is 36.8 Å². The number of ether oxygens (including phenoxy) is 2. The topological polar surface area (TPSA) is 112 Å². The number of carbonyl (C=O) groups is 3. The van der Waals surface area contributed by atoms with Crippen LogP contribution in [0.25, 0.3) is 11.0 Å². The summed E-state index contributed by atoms with van der Waals surface area (Å²) in [7, 11) is 0. The molecule has 4 aromatic rings. The molecule has 1 atom stereocenters. The Kier molecular flexibility index (Phi) is 9.75. The van der Waals surface area contributed by atoms with Gasteiger partial charge in [0.1, 0.15) is 35.5 Å². The standard InChI is InChI=1S/C30H27NO7.CH4/c1-19(32)13-23-16-24(17-27-28(23)26(33)14-20(2)37-27)38-29(34)25(15-21-9-5-3-6-10-21)31-30(35)36-18-22-11-7-4-8-12-22;/h3-12,14,16-17,25H,13,15,18H2,1-2H3,(H,31,35);1H4. The van der Waals surface area contributed by atoms with Gasteiger partial charge in [0.15, 0.2) is 5.43 Å². The smallest absolute Gasteiger partial charge is 0.408 e. The predicted molar refractivity (Wildman–Crippen MR) is 148 cm³/mol. The number of benzene rings is 3. The Hall–Kier alpha value is -4.72. The molecule has 0 fully saturated rings. The first-order valence-corrected chi connectivity index (χ1v) is 12.1. The summed E-state index contributed by atoms with van der Waals surface area (Å²) in [5.41, 5.74) is 1.90. The Morgan fingerprint density at radius 2 is 1.56 bits per heavy atom. The molecule has 0 radical (unpaired) electrons. The van der Waals surface area contributed by atoms with E-state index >= 15 is 0 Å². The number of alkyl carbamates (subject to hydrolysis) is 1. The van der Waals surface area contributed by atoms with Crippen LogP contribution < -0.4 is 15.5 Å². The van der Waals surface area contributed by atoms with Crippen molar-refractivity contribution in [2.24, 2.45) is 0 Å². The summed E-state index contributed by atoms with van der Waals surface area (Å²) in [5, 5.41) is 2.85. The first-order valence-electron chi connectivity index (χ1n) is 12.1. The molecule has 1 amide bonds. The van der Waals surface area contributed by atoms with E-state index in [-0.39, 0.29) is 54.8 Å². The molecule has 1 N–H and O–H groups in total. The zero-order chi connectivity index (χ0) is 27.1. The lowest BCUT2D eigenvalue weighted by Gasteiger charge is -2.18. The molecule has 202 valence electrons. The maximum absolute atomic E-state index is 13.3. The average Bonchev–Trinajstić information content (AvgIpc) is 2.87. The Balaban J connectivity index is 0.00000420. The van der Waals surface area contributed by atoms with Gasteiger partial charge in [-0.15, -0.1) is 0 Å². The van der Waals surface area contributed by atoms with Gasteiger partial charge in [0.25, 0.3) is 0 Å². The van der Waals surface area contributed by atoms with Gasteiger partial charge in [-0.05, 0) is 36.6 Å². The fourth-order valence-corrected chi connectivity index (χ4v) is 4.07. The fraction of sp³-hybridized carbons (Fsp3) is 0.226. The molecule has 0 aliphatic heterocycles. The van der Waals surface area contributed by atoms with Gasteiger partial charge in [-0.3, -0.25) is 9.59 Å². The summed E-state index contributed by atoms with van der Waals surface area (Å²) in [4.78, 5) is 50.3. The molecule has 3 aromatic carbocycles. The molecule has 1 heterocycles. The minimum Gasteiger partial charge on any atom is -0.461 e. The minimum absolute atomic E-state index is 0. The lowest BCUT2D eigenvalue weighted by molar-refractivity contribution is -0.136. The lowest BCUT2D eigenvalue weighted by Crippen LogP contribution is -2.44. The van der Waals surface area contributed by atoms with Crippen LogP contribution in [0, 0.1) is 6.92 Å². The highest BCUT2D eigenvalue weighted by Crippen LogP contribution is 2.25. The second-order valence-electron chi connectivity index (χ2n) is 8.93. The Bertz CT molecular complexity index is 1510. The number of Topliss-reactive ketones (excluding diaryl/α,β-unsaturated/α-hetero) is 1. The largest absolute Gasteiger partial charge is 0.461 e. The molecule has 0 saturated carbocycles. The minimum atomic E-state index is -1.07. The summed E-state index contributed by atoms with van der Waals surface area (Å²) in [6.07, 6.45) is -0.654. The van der Waals surface area contributed by atoms with Crippen molar-refractivity contribution in [3.63, 3.8) is 0 Å². The number of fused-ring (bicyclic) bond motifs is 1. The number of ketones is 1. The molecule has 1 unspecified atom stereocenters. The number of amides is 1. The van der Waals surface area contributed by atoms with Crippen molar-refractivity contribution in [1.82, 2.24) is 5.32 Å². The Labute approximate surface area is 226 Å². The highest BCUT2D eigenvalue weighted by Gasteiger charge is 2.25. The van der Waals surface area contributed by atoms with Crippen molar-refractivity contribution in [2.75, 3.05) is 0 Å². The highest BCUT2D eigenvalue weighted by atomic mass is 16.6. The van der Waals surface area contributed by atoms with Crippen molar-refractivity contribution in [3.05, 3.63) is 112 Å². The molecule has 8 heteroatoms. The van der Waals surface area contributed by atoms with Gasteiger partial charge >= 0.3 is 12.1 Å². The maximum atomic E-state index is 13.3. The van der Waals surface area contributed by atoms with Crippen molar-refractivity contribution < 1.29 is 28.3 Å². The number of rotatable bonds is 9. The molecule has 0 aliphatic carbocycles. The van der Waals surface area contributed by atoms with Gasteiger partial charge in [0.2, 0.25) is 0 Å². The van der Waals surface area contributed by atoms with E-state index < -0.39 is 18.1 Å². The van der Waals surface area contributed by atoms with E-state index in [9.17, 15) is 19.2 Å². The summed E-state index contributed by atoms with van der Waals surface area (Å²) < 4.78 is 16.6. The molecule has 8 nitrogen and oxygen atoms in total. The Morgan fingerprint density at radius 1 is 0.923 bits per heavy atom. The third-order valence-electron chi connectivity index (χ3n) is 5.74. The van der Waals surface area contributed by atoms with Crippen LogP contribution in [-0.4, -0.2) is 23.9 Å². The molecule has 39 heavy (non-hydrogen) atoms. The number of hydrogen-bond acceptors (Lipinski definition) is 7. The fourth-order valence-electron chi connectivity index (χ4n) is 4.07. The zero-order valence-corrected chi connectivity index (χ0v) is 21.1. The third-order valence-corrected chi connectivity index (χ3v) is 5.74. The number of esters is 1. The van der Waals surface area contributed by atoms with E-state index in [1.165, 1.54) is 25.1 Å². The summed E-state index contributed by atoms with van der Waals surface area (Å²) >= 11 is 0. The van der Waals surface area contributed by atoms with Gasteiger partial charge in [0.05, 0.1) is 5.39 Å². The van der Waals surface area contributed by atoms with Gasteiger partial charge in [-0.2, -0.15) is 0 Å². The monoisotopic (exact) mass is 529 g/mol. The normalized spacial score (nSPS) is 11.2. The molecule has 0 bridgehead atoms. The first-order chi connectivity index (χ1) is 18.3. The van der Waals surface area contributed by atoms with Crippen LogP contribution in [0.5, 0.6) is 5.75 Å². The van der Waals surface area contributed by atoms with Crippen LogP contribution in [-0.2, 0) is 33.8 Å². The van der Waals surface area contributed by atoms with E-state index in [0.717, 1.165) is 11.1 Å². The predicted octanol–water partition coefficient (Wildman–Crippen LogP) is 5.31. The molecular weight excluding hydrogens is 498 g/mol. The second kappa shape index (κ2) is 13.2. The van der Waals surface area contributed by atoms with E-state index in [2.05, 4.69) is 5.32 Å². The van der Waals surface area contributed by atoms with Crippen LogP contribution in [0.4, 0.5) is 4.79 Å². The Morgan fingerprint density at radius 3 is 2.21 bits per heavy atom. The van der Waals surface area contributed by atoms with E-state index in [4.69, 9.17) is 13.9 Å². The van der Waals surface area contributed by atoms with Crippen LogP contribution in [0.3, 0.4) is 0 Å². The third kappa shape index (κ3) is 7.88. The molecule has 0 saturated heterocycles. The number of hydrogen-bond donors (Lipinski definition) is 1. The van der Waals surface area contributed by atoms with Crippen molar-refractivity contribution in [3.8, 4) is 5.75 Å². The molecule has 0 aliphatic rings. The van der Waals surface area contributed by atoms with Crippen LogP contribution >= 0.6 is 0 Å². The number of carbonyl (C=O) groups excluding carboxylic acids is 3. The molecule has 0 spiro atoms. The summed E-state index contributed by atoms with van der Waals surface area (Å²) in [6, 6.07) is 21.5. The first kappa shape index (κ1) is 28.8. The zero-order valence-electron chi connectivity index (χ0n) is 21.1. The van der Waals surface area contributed by atoms with E-state index in [1.807, 2.05) is 60.7 Å². The SMILES string of the molecule is C.CC(=O)Cc1cc(OC(=O)C(Cc2ccccc2)NC(=O)OCc2ccccc2)cc2oc(C)cc(=O)c12. The van der Waals surface area contributed by atoms with Gasteiger partial charge in [-0.1, -0.05) is 68.1 Å². The van der Waals surface area contributed by atoms with Crippen molar-refractivity contribution in [2.45, 2.75) is 46.8 Å². The second-order valence-corrected chi connectivity index (χ2v) is 8.93. The van der Waals surface area contributed by atoms with Gasteiger partial charge < -0.3 is 19.2 Å². The number of nitrogens with one attached hydrogen (secondary N) is 1. The van der Waals surface area contributed by atoms with Crippen LogP contribution in [0.2, 0.25) is 0 Å². The van der Waals surface area contributed by atoms with Gasteiger partial charge in [-0.25, -0.2) is 9.59 Å². The van der Waals surface area contributed by atoms with Crippen LogP contribution in [0.15, 0.2) is 88.1 Å². The van der Waals surface area contributed by atoms with Crippen molar-refractivity contribution >= 4 is 28.8 Å². The lowest BCUT2D eigenvalue weighted by atomic mass is 10.0. The molecular formula is C31H31NO7. The maximum Gasteiger partial charge on any atom is 0.408 e. The van der Waals surface area contributed by atoms with Crippen molar-refractivity contribution in [1.29, 1.82) is 0 Å². The molecule has 1 aromatic heterocycles. The summed E-state index contributed by atoms with van der Waals surface area (Å²) in [5.74, 6) is -0.442. The summed E-state index contributed by atoms with van der Waals surface area (Å²) in [6.45, 7) is 3.07. The molecule has 4 rings (SSSR count). The quantitative estimate of drug-likeness (QED) is 0.231. The number of aryl methyl sites for hydroxylation is 1.